The van der Waals surface area contributed by atoms with Crippen molar-refractivity contribution in [2.75, 3.05) is 13.1 Å². The standard InChI is InChI=1S/C23H31N3O5/c24-19(16-9-5-2-6-10-16)21(27)25-12-11-18-20(25)17(22(28)29)13-26(18)23(30)31-14-15-7-3-1-4-8-15/h1,3-4,7-8,16-20H,2,5-6,9-14,24H2,(H,28,29). The fourth-order valence-corrected chi connectivity index (χ4v) is 5.46. The number of benzene rings is 1. The van der Waals surface area contributed by atoms with Crippen LogP contribution < -0.4 is 5.73 Å². The zero-order valence-corrected chi connectivity index (χ0v) is 17.7. The van der Waals surface area contributed by atoms with Gasteiger partial charge < -0.3 is 25.4 Å². The summed E-state index contributed by atoms with van der Waals surface area (Å²) in [5, 5.41) is 9.81. The second-order valence-corrected chi connectivity index (χ2v) is 8.94. The molecule has 8 nitrogen and oxygen atoms in total. The van der Waals surface area contributed by atoms with Gasteiger partial charge in [0.05, 0.1) is 24.0 Å². The Morgan fingerprint density at radius 1 is 1.06 bits per heavy atom. The fourth-order valence-electron chi connectivity index (χ4n) is 5.46. The molecule has 0 aromatic heterocycles. The topological polar surface area (TPSA) is 113 Å². The highest BCUT2D eigenvalue weighted by Gasteiger charge is 2.55. The molecule has 2 amide bonds. The molecule has 1 aromatic carbocycles. The van der Waals surface area contributed by atoms with Crippen molar-refractivity contribution in [2.24, 2.45) is 17.6 Å². The van der Waals surface area contributed by atoms with E-state index in [9.17, 15) is 19.5 Å². The Bertz CT molecular complexity index is 811. The van der Waals surface area contributed by atoms with E-state index in [1.807, 2.05) is 30.3 Å². The van der Waals surface area contributed by atoms with Crippen molar-refractivity contribution in [3.05, 3.63) is 35.9 Å². The Kier molecular flexibility index (Phi) is 6.46. The minimum Gasteiger partial charge on any atom is -0.481 e. The molecule has 1 aliphatic carbocycles. The molecule has 2 aliphatic heterocycles. The first-order valence-corrected chi connectivity index (χ1v) is 11.2. The quantitative estimate of drug-likeness (QED) is 0.742. The molecular weight excluding hydrogens is 398 g/mol. The average Bonchev–Trinajstić information content (AvgIpc) is 3.38. The maximum Gasteiger partial charge on any atom is 0.410 e. The number of hydrogen-bond acceptors (Lipinski definition) is 5. The molecule has 4 rings (SSSR count). The molecule has 3 N–H and O–H groups in total. The molecule has 2 saturated heterocycles. The van der Waals surface area contributed by atoms with Crippen molar-refractivity contribution in [1.82, 2.24) is 9.80 Å². The molecule has 3 aliphatic rings. The number of aliphatic carboxylic acids is 1. The van der Waals surface area contributed by atoms with Gasteiger partial charge in [0.15, 0.2) is 0 Å². The Morgan fingerprint density at radius 3 is 2.45 bits per heavy atom. The highest BCUT2D eigenvalue weighted by atomic mass is 16.6. The first-order chi connectivity index (χ1) is 15.0. The lowest BCUT2D eigenvalue weighted by Crippen LogP contribution is -2.53. The van der Waals surface area contributed by atoms with E-state index in [2.05, 4.69) is 0 Å². The zero-order valence-electron chi connectivity index (χ0n) is 17.7. The Morgan fingerprint density at radius 2 is 1.77 bits per heavy atom. The molecule has 0 spiro atoms. The monoisotopic (exact) mass is 429 g/mol. The van der Waals surface area contributed by atoms with Crippen LogP contribution in [-0.2, 0) is 20.9 Å². The number of likely N-dealkylation sites (tertiary alicyclic amines) is 2. The van der Waals surface area contributed by atoms with Gasteiger partial charge in [-0.3, -0.25) is 9.59 Å². The maximum absolute atomic E-state index is 13.2. The number of nitrogens with zero attached hydrogens (tertiary/aromatic N) is 2. The summed E-state index contributed by atoms with van der Waals surface area (Å²) in [6, 6.07) is 7.84. The second kappa shape index (κ2) is 9.26. The molecule has 168 valence electrons. The Hall–Kier alpha value is -2.61. The van der Waals surface area contributed by atoms with Gasteiger partial charge in [0.1, 0.15) is 6.61 Å². The van der Waals surface area contributed by atoms with Crippen molar-refractivity contribution in [3.8, 4) is 0 Å². The lowest BCUT2D eigenvalue weighted by molar-refractivity contribution is -0.145. The fraction of sp³-hybridized carbons (Fsp3) is 0.609. The highest BCUT2D eigenvalue weighted by Crippen LogP contribution is 2.37. The van der Waals surface area contributed by atoms with E-state index < -0.39 is 30.1 Å². The van der Waals surface area contributed by atoms with Crippen LogP contribution in [0, 0.1) is 11.8 Å². The van der Waals surface area contributed by atoms with Crippen LogP contribution >= 0.6 is 0 Å². The zero-order chi connectivity index (χ0) is 22.0. The summed E-state index contributed by atoms with van der Waals surface area (Å²) in [5.41, 5.74) is 7.20. The van der Waals surface area contributed by atoms with Gasteiger partial charge in [0.2, 0.25) is 5.91 Å². The molecule has 1 aromatic rings. The summed E-state index contributed by atoms with van der Waals surface area (Å²) in [5.74, 6) is -1.86. The number of nitrogens with two attached hydrogens (primary N) is 1. The second-order valence-electron chi connectivity index (χ2n) is 8.94. The summed E-state index contributed by atoms with van der Waals surface area (Å²) in [6.07, 6.45) is 5.22. The van der Waals surface area contributed by atoms with E-state index in [4.69, 9.17) is 10.5 Å². The summed E-state index contributed by atoms with van der Waals surface area (Å²) >= 11 is 0. The van der Waals surface area contributed by atoms with Crippen LogP contribution in [0.5, 0.6) is 0 Å². The number of fused-ring (bicyclic) bond motifs is 1. The van der Waals surface area contributed by atoms with Gasteiger partial charge in [-0.15, -0.1) is 0 Å². The van der Waals surface area contributed by atoms with Crippen molar-refractivity contribution in [2.45, 2.75) is 63.3 Å². The lowest BCUT2D eigenvalue weighted by atomic mass is 9.83. The lowest BCUT2D eigenvalue weighted by Gasteiger charge is -2.33. The van der Waals surface area contributed by atoms with Crippen molar-refractivity contribution in [3.63, 3.8) is 0 Å². The van der Waals surface area contributed by atoms with Gasteiger partial charge in [-0.2, -0.15) is 0 Å². The van der Waals surface area contributed by atoms with Crippen LogP contribution in [-0.4, -0.2) is 64.1 Å². The van der Waals surface area contributed by atoms with Crippen LogP contribution in [0.1, 0.15) is 44.1 Å². The number of carboxylic acids is 1. The minimum atomic E-state index is -1.00. The Labute approximate surface area is 182 Å². The number of hydrogen-bond donors (Lipinski definition) is 2. The molecule has 4 atom stereocenters. The minimum absolute atomic E-state index is 0.0424. The Balaban J connectivity index is 1.45. The molecule has 4 unspecified atom stereocenters. The number of carbonyl (C=O) groups is 3. The van der Waals surface area contributed by atoms with Crippen LogP contribution in [0.15, 0.2) is 30.3 Å². The number of rotatable bonds is 5. The highest BCUT2D eigenvalue weighted by molar-refractivity contribution is 5.85. The van der Waals surface area contributed by atoms with E-state index >= 15 is 0 Å². The number of carboxylic acid groups (broad SMARTS) is 1. The largest absolute Gasteiger partial charge is 0.481 e. The van der Waals surface area contributed by atoms with Crippen LogP contribution in [0.25, 0.3) is 0 Å². The molecule has 31 heavy (non-hydrogen) atoms. The molecule has 3 fully saturated rings. The van der Waals surface area contributed by atoms with Gasteiger partial charge in [0, 0.05) is 13.1 Å². The first-order valence-electron chi connectivity index (χ1n) is 11.2. The molecular formula is C23H31N3O5. The van der Waals surface area contributed by atoms with Crippen LogP contribution in [0.2, 0.25) is 0 Å². The van der Waals surface area contributed by atoms with E-state index in [0.29, 0.717) is 13.0 Å². The van der Waals surface area contributed by atoms with Gasteiger partial charge in [0.25, 0.3) is 0 Å². The van der Waals surface area contributed by atoms with E-state index in [0.717, 1.165) is 31.2 Å². The predicted molar refractivity (Wildman–Crippen MR) is 113 cm³/mol. The maximum atomic E-state index is 13.2. The number of amides is 2. The summed E-state index contributed by atoms with van der Waals surface area (Å²) in [6.45, 7) is 0.585. The van der Waals surface area contributed by atoms with Crippen molar-refractivity contribution in [1.29, 1.82) is 0 Å². The summed E-state index contributed by atoms with van der Waals surface area (Å²) in [4.78, 5) is 41.1. The average molecular weight is 430 g/mol. The predicted octanol–water partition coefficient (Wildman–Crippen LogP) is 2.22. The number of carbonyl (C=O) groups excluding carboxylic acids is 2. The normalized spacial score (nSPS) is 27.1. The number of ether oxygens (including phenoxy) is 1. The third-order valence-electron chi connectivity index (χ3n) is 7.11. The molecule has 0 radical (unpaired) electrons. The smallest absolute Gasteiger partial charge is 0.410 e. The molecule has 2 heterocycles. The molecule has 1 saturated carbocycles. The van der Waals surface area contributed by atoms with Gasteiger partial charge in [-0.1, -0.05) is 49.6 Å². The van der Waals surface area contributed by atoms with Gasteiger partial charge in [-0.25, -0.2) is 4.79 Å². The van der Waals surface area contributed by atoms with E-state index in [-0.39, 0.29) is 31.0 Å². The molecule has 8 heteroatoms. The van der Waals surface area contributed by atoms with Crippen LogP contribution in [0.3, 0.4) is 0 Å². The van der Waals surface area contributed by atoms with Gasteiger partial charge in [-0.05, 0) is 30.7 Å². The van der Waals surface area contributed by atoms with Crippen molar-refractivity contribution < 1.29 is 24.2 Å². The summed E-state index contributed by atoms with van der Waals surface area (Å²) < 4.78 is 5.45. The summed E-state index contributed by atoms with van der Waals surface area (Å²) in [7, 11) is 0. The van der Waals surface area contributed by atoms with E-state index in [1.165, 1.54) is 11.3 Å². The molecule has 0 bridgehead atoms. The SMILES string of the molecule is NC(C(=O)N1CCC2C1C(C(=O)O)CN2C(=O)OCc1ccccc1)C1CCCCC1. The third-order valence-corrected chi connectivity index (χ3v) is 7.11. The van der Waals surface area contributed by atoms with E-state index in [1.54, 1.807) is 4.90 Å². The third kappa shape index (κ3) is 4.39. The van der Waals surface area contributed by atoms with Gasteiger partial charge >= 0.3 is 12.1 Å². The first kappa shape index (κ1) is 21.6. The van der Waals surface area contributed by atoms with Crippen molar-refractivity contribution >= 4 is 18.0 Å². The van der Waals surface area contributed by atoms with Crippen LogP contribution in [0.4, 0.5) is 4.79 Å².